The predicted octanol–water partition coefficient (Wildman–Crippen LogP) is 8.77. The molecular weight excluding hydrogens is 572 g/mol. The third-order valence-electron chi connectivity index (χ3n) is 9.58. The molecule has 0 bridgehead atoms. The van der Waals surface area contributed by atoms with E-state index in [0.717, 1.165) is 76.2 Å². The number of nitrogens with zero attached hydrogens (tertiary/aromatic N) is 4. The summed E-state index contributed by atoms with van der Waals surface area (Å²) >= 11 is 0. The largest absolute Gasteiger partial charge is 0.444 e. The Labute approximate surface area is 268 Å². The van der Waals surface area contributed by atoms with Crippen molar-refractivity contribution in [2.75, 3.05) is 20.1 Å². The topological polar surface area (TPSA) is 90.1 Å². The van der Waals surface area contributed by atoms with Gasteiger partial charge in [-0.3, -0.25) is 9.80 Å². The monoisotopic (exact) mass is 612 g/mol. The molecule has 2 atom stereocenters. The lowest BCUT2D eigenvalue weighted by molar-refractivity contribution is 0.0219. The Kier molecular flexibility index (Phi) is 6.87. The third-order valence-corrected chi connectivity index (χ3v) is 9.58. The summed E-state index contributed by atoms with van der Waals surface area (Å²) in [4.78, 5) is 34.2. The van der Waals surface area contributed by atoms with Crippen LogP contribution in [0.15, 0.2) is 72.8 Å². The van der Waals surface area contributed by atoms with Gasteiger partial charge in [-0.2, -0.15) is 0 Å². The van der Waals surface area contributed by atoms with Crippen molar-refractivity contribution in [3.63, 3.8) is 0 Å². The number of amides is 1. The number of hydrogen-bond acceptors (Lipinski definition) is 5. The normalized spacial score (nSPS) is 19.2. The Bertz CT molecular complexity index is 2100. The minimum absolute atomic E-state index is 0.118. The number of rotatable bonds is 4. The number of fused-ring (bicyclic) bond motifs is 3. The van der Waals surface area contributed by atoms with Gasteiger partial charge in [-0.05, 0) is 117 Å². The number of ether oxygens (including phenoxy) is 1. The Morgan fingerprint density at radius 2 is 1.30 bits per heavy atom. The van der Waals surface area contributed by atoms with Gasteiger partial charge in [0, 0.05) is 6.54 Å². The highest BCUT2D eigenvalue weighted by Gasteiger charge is 2.35. The van der Waals surface area contributed by atoms with E-state index in [9.17, 15) is 4.79 Å². The molecule has 4 aromatic carbocycles. The Balaban J connectivity index is 1.13. The van der Waals surface area contributed by atoms with E-state index >= 15 is 0 Å². The first-order valence-corrected chi connectivity index (χ1v) is 16.4. The van der Waals surface area contributed by atoms with Crippen molar-refractivity contribution < 1.29 is 9.53 Å². The molecule has 8 nitrogen and oxygen atoms in total. The van der Waals surface area contributed by atoms with Crippen molar-refractivity contribution in [3.8, 4) is 22.3 Å². The van der Waals surface area contributed by atoms with Gasteiger partial charge in [0.25, 0.3) is 0 Å². The average molecular weight is 613 g/mol. The second-order valence-electron chi connectivity index (χ2n) is 13.9. The molecule has 8 heteroatoms. The first-order valence-electron chi connectivity index (χ1n) is 16.4. The number of nitrogens with one attached hydrogen (secondary N) is 2. The molecule has 0 spiro atoms. The van der Waals surface area contributed by atoms with Crippen LogP contribution in [0.3, 0.4) is 0 Å². The molecule has 2 aliphatic heterocycles. The maximum atomic E-state index is 12.9. The fraction of sp³-hybridized carbons (Fsp3) is 0.342. The van der Waals surface area contributed by atoms with Gasteiger partial charge >= 0.3 is 6.09 Å². The average Bonchev–Trinajstić information content (AvgIpc) is 3.84. The van der Waals surface area contributed by atoms with E-state index in [1.807, 2.05) is 25.7 Å². The number of imidazole rings is 2. The summed E-state index contributed by atoms with van der Waals surface area (Å²) in [5.74, 6) is 1.88. The summed E-state index contributed by atoms with van der Waals surface area (Å²) in [5.41, 5.74) is 8.03. The van der Waals surface area contributed by atoms with Gasteiger partial charge in [0.05, 0.1) is 34.2 Å². The molecule has 6 aromatic rings. The smallest absolute Gasteiger partial charge is 0.410 e. The lowest BCUT2D eigenvalue weighted by Gasteiger charge is -2.27. The van der Waals surface area contributed by atoms with Crippen molar-refractivity contribution in [2.24, 2.45) is 0 Å². The van der Waals surface area contributed by atoms with Crippen molar-refractivity contribution in [1.29, 1.82) is 0 Å². The first kappa shape index (κ1) is 28.8. The number of H-pyrrole nitrogens is 2. The zero-order valence-electron chi connectivity index (χ0n) is 26.9. The number of benzene rings is 4. The number of aromatic amines is 2. The van der Waals surface area contributed by atoms with Crippen LogP contribution in [0.5, 0.6) is 0 Å². The van der Waals surface area contributed by atoms with E-state index in [-0.39, 0.29) is 12.1 Å². The molecule has 234 valence electrons. The molecule has 2 aliphatic rings. The van der Waals surface area contributed by atoms with Gasteiger partial charge in [-0.25, -0.2) is 14.8 Å². The number of carbonyl (C=O) groups excluding carboxylic acids is 1. The number of hydrogen-bond donors (Lipinski definition) is 2. The molecule has 0 unspecified atom stereocenters. The first-order chi connectivity index (χ1) is 22.2. The second-order valence-corrected chi connectivity index (χ2v) is 13.9. The SMILES string of the molecule is CN1CCC[C@H]1c1nc2cc(-c3cccc4c(-c5ccc6[nH]c([C@@H]7CCCN7C(=O)OC(C)(C)C)nc6c5)cccc34)ccc2[nH]1. The quantitative estimate of drug-likeness (QED) is 0.208. The van der Waals surface area contributed by atoms with Crippen LogP contribution in [-0.4, -0.2) is 61.6 Å². The molecule has 4 heterocycles. The van der Waals surface area contributed by atoms with Crippen molar-refractivity contribution >= 4 is 38.9 Å². The molecule has 0 radical (unpaired) electrons. The second kappa shape index (κ2) is 11.0. The molecule has 0 aliphatic carbocycles. The highest BCUT2D eigenvalue weighted by atomic mass is 16.6. The maximum Gasteiger partial charge on any atom is 0.410 e. The van der Waals surface area contributed by atoms with E-state index in [2.05, 4.69) is 94.7 Å². The molecule has 1 amide bonds. The van der Waals surface area contributed by atoms with Gasteiger partial charge in [-0.1, -0.05) is 48.5 Å². The lowest BCUT2D eigenvalue weighted by atomic mass is 9.93. The van der Waals surface area contributed by atoms with Crippen LogP contribution < -0.4 is 0 Å². The summed E-state index contributed by atoms with van der Waals surface area (Å²) in [6.07, 6.45) is 3.86. The lowest BCUT2D eigenvalue weighted by Crippen LogP contribution is -2.36. The summed E-state index contributed by atoms with van der Waals surface area (Å²) in [5, 5.41) is 2.39. The van der Waals surface area contributed by atoms with Gasteiger partial charge in [0.1, 0.15) is 17.2 Å². The van der Waals surface area contributed by atoms with Crippen LogP contribution in [0.2, 0.25) is 0 Å². The van der Waals surface area contributed by atoms with Crippen LogP contribution in [0, 0.1) is 0 Å². The van der Waals surface area contributed by atoms with Crippen LogP contribution in [0.4, 0.5) is 4.79 Å². The van der Waals surface area contributed by atoms with Gasteiger partial charge < -0.3 is 14.7 Å². The summed E-state index contributed by atoms with van der Waals surface area (Å²) in [6.45, 7) is 7.49. The molecule has 2 N–H and O–H groups in total. The fourth-order valence-electron chi connectivity index (χ4n) is 7.36. The molecule has 2 saturated heterocycles. The minimum Gasteiger partial charge on any atom is -0.444 e. The third kappa shape index (κ3) is 5.10. The number of carbonyl (C=O) groups is 1. The van der Waals surface area contributed by atoms with E-state index < -0.39 is 5.60 Å². The zero-order valence-corrected chi connectivity index (χ0v) is 26.9. The molecule has 0 saturated carbocycles. The van der Waals surface area contributed by atoms with Crippen LogP contribution in [0.25, 0.3) is 55.1 Å². The number of likely N-dealkylation sites (tertiary alicyclic amines) is 2. The number of aromatic nitrogens is 4. The Morgan fingerprint density at radius 1 is 0.761 bits per heavy atom. The van der Waals surface area contributed by atoms with E-state index in [1.165, 1.54) is 22.8 Å². The Morgan fingerprint density at radius 3 is 1.85 bits per heavy atom. The Hall–Kier alpha value is -4.69. The van der Waals surface area contributed by atoms with E-state index in [4.69, 9.17) is 14.7 Å². The van der Waals surface area contributed by atoms with E-state index in [0.29, 0.717) is 12.6 Å². The van der Waals surface area contributed by atoms with Gasteiger partial charge in [0.15, 0.2) is 0 Å². The molecule has 2 fully saturated rings. The van der Waals surface area contributed by atoms with Crippen LogP contribution >= 0.6 is 0 Å². The molecule has 8 rings (SSSR count). The summed E-state index contributed by atoms with van der Waals surface area (Å²) in [7, 11) is 2.18. The van der Waals surface area contributed by atoms with Crippen molar-refractivity contribution in [2.45, 2.75) is 64.1 Å². The van der Waals surface area contributed by atoms with Crippen LogP contribution in [-0.2, 0) is 4.74 Å². The minimum atomic E-state index is -0.535. The molecule has 46 heavy (non-hydrogen) atoms. The van der Waals surface area contributed by atoms with Gasteiger partial charge in [-0.15, -0.1) is 0 Å². The fourth-order valence-corrected chi connectivity index (χ4v) is 7.36. The van der Waals surface area contributed by atoms with E-state index in [1.54, 1.807) is 0 Å². The zero-order chi connectivity index (χ0) is 31.6. The molecular formula is C38H40N6O2. The predicted molar refractivity (Wildman–Crippen MR) is 184 cm³/mol. The van der Waals surface area contributed by atoms with Crippen molar-refractivity contribution in [3.05, 3.63) is 84.4 Å². The van der Waals surface area contributed by atoms with Crippen molar-refractivity contribution in [1.82, 2.24) is 29.7 Å². The summed E-state index contributed by atoms with van der Waals surface area (Å²) in [6, 6.07) is 26.3. The standard InChI is InChI=1S/C38H40N6O2/c1-38(2,3)46-37(45)44-20-8-14-34(44)36-40-30-18-16-24(22-32(30)42-36)26-10-6-11-27-25(9-5-12-28(26)27)23-15-17-29-31(21-23)41-35(39-29)33-13-7-19-43(33)4/h5-6,9-12,15-18,21-22,33-34H,7-8,13-14,19-20H2,1-4H3,(H,39,41)(H,40,42)/t33-,34-/m0/s1. The summed E-state index contributed by atoms with van der Waals surface area (Å²) < 4.78 is 5.69. The molecule has 2 aromatic heterocycles. The highest BCUT2D eigenvalue weighted by Crippen LogP contribution is 2.38. The maximum absolute atomic E-state index is 12.9. The van der Waals surface area contributed by atoms with Gasteiger partial charge in [0.2, 0.25) is 0 Å². The highest BCUT2D eigenvalue weighted by molar-refractivity contribution is 6.05. The van der Waals surface area contributed by atoms with Crippen LogP contribution in [0.1, 0.15) is 70.2 Å².